The first-order valence-corrected chi connectivity index (χ1v) is 11.7. The van der Waals surface area contributed by atoms with Gasteiger partial charge in [-0.2, -0.15) is 0 Å². The highest BCUT2D eigenvalue weighted by molar-refractivity contribution is 7.94. The van der Waals surface area contributed by atoms with E-state index in [2.05, 4.69) is 0 Å². The van der Waals surface area contributed by atoms with Gasteiger partial charge < -0.3 is 14.2 Å². The Balaban J connectivity index is 1.51. The van der Waals surface area contributed by atoms with Crippen molar-refractivity contribution in [1.82, 2.24) is 9.80 Å². The Morgan fingerprint density at radius 3 is 2.26 bits per heavy atom. The number of amides is 3. The zero-order chi connectivity index (χ0) is 22.3. The number of hydrogen-bond acceptors (Lipinski definition) is 6. The van der Waals surface area contributed by atoms with Gasteiger partial charge in [0.2, 0.25) is 15.9 Å². The van der Waals surface area contributed by atoms with Gasteiger partial charge in [-0.25, -0.2) is 12.7 Å². The highest BCUT2D eigenvalue weighted by Crippen LogP contribution is 2.31. The molecule has 2 saturated heterocycles. The van der Waals surface area contributed by atoms with Crippen molar-refractivity contribution < 1.29 is 27.2 Å². The fraction of sp³-hybridized carbons (Fsp3) is 0.350. The van der Waals surface area contributed by atoms with Crippen LogP contribution in [-0.2, 0) is 14.8 Å². The Morgan fingerprint density at radius 2 is 1.71 bits per heavy atom. The molecule has 9 nitrogen and oxygen atoms in total. The number of rotatable bonds is 3. The summed E-state index contributed by atoms with van der Waals surface area (Å²) >= 11 is 6.22. The minimum atomic E-state index is -3.79. The highest BCUT2D eigenvalue weighted by atomic mass is 35.5. The molecule has 1 unspecified atom stereocenters. The van der Waals surface area contributed by atoms with Crippen molar-refractivity contribution in [3.8, 4) is 0 Å². The molecule has 31 heavy (non-hydrogen) atoms. The van der Waals surface area contributed by atoms with Gasteiger partial charge in [-0.05, 0) is 30.3 Å². The molecule has 3 heterocycles. The van der Waals surface area contributed by atoms with E-state index in [9.17, 15) is 22.8 Å². The van der Waals surface area contributed by atoms with Crippen LogP contribution in [-0.4, -0.2) is 67.9 Å². The van der Waals surface area contributed by atoms with Gasteiger partial charge in [0.15, 0.2) is 5.76 Å². The lowest BCUT2D eigenvalue weighted by atomic mass is 10.1. The summed E-state index contributed by atoms with van der Waals surface area (Å²) < 4.78 is 30.6. The third kappa shape index (κ3) is 3.92. The van der Waals surface area contributed by atoms with E-state index in [1.54, 1.807) is 28.9 Å². The number of halogens is 1. The first-order chi connectivity index (χ1) is 14.7. The maximum Gasteiger partial charge on any atom is 0.289 e. The fourth-order valence-electron chi connectivity index (χ4n) is 3.73. The smallest absolute Gasteiger partial charge is 0.289 e. The van der Waals surface area contributed by atoms with Gasteiger partial charge in [-0.3, -0.25) is 14.4 Å². The van der Waals surface area contributed by atoms with E-state index in [0.29, 0.717) is 13.1 Å². The second-order valence-electron chi connectivity index (χ2n) is 7.51. The predicted octanol–water partition coefficient (Wildman–Crippen LogP) is 1.84. The molecule has 1 aromatic carbocycles. The molecule has 2 aliphatic heterocycles. The van der Waals surface area contributed by atoms with Crippen molar-refractivity contribution in [1.29, 1.82) is 0 Å². The van der Waals surface area contributed by atoms with Crippen LogP contribution in [0.25, 0.3) is 0 Å². The van der Waals surface area contributed by atoms with Crippen molar-refractivity contribution in [2.24, 2.45) is 5.92 Å². The molecule has 0 N–H and O–H groups in total. The summed E-state index contributed by atoms with van der Waals surface area (Å²) in [6, 6.07) is 7.37. The van der Waals surface area contributed by atoms with Crippen LogP contribution in [0.15, 0.2) is 41.0 Å². The molecule has 2 aliphatic rings. The average molecular weight is 466 g/mol. The largest absolute Gasteiger partial charge is 0.459 e. The predicted molar refractivity (Wildman–Crippen MR) is 112 cm³/mol. The Bertz CT molecular complexity index is 1140. The van der Waals surface area contributed by atoms with Gasteiger partial charge in [-0.1, -0.05) is 18.5 Å². The van der Waals surface area contributed by atoms with Crippen molar-refractivity contribution >= 4 is 45.0 Å². The Morgan fingerprint density at radius 1 is 1.06 bits per heavy atom. The normalized spacial score (nSPS) is 20.9. The van der Waals surface area contributed by atoms with Crippen LogP contribution in [0.4, 0.5) is 5.69 Å². The Kier molecular flexibility index (Phi) is 5.52. The SMILES string of the molecule is CC1CS(=O)(=O)N(c2ccc(Cl)c(C(=O)N3CCN(C(=O)c4ccco4)CC3)c2)C1=O. The maximum absolute atomic E-state index is 13.1. The van der Waals surface area contributed by atoms with Crippen LogP contribution in [0.1, 0.15) is 27.8 Å². The van der Waals surface area contributed by atoms with E-state index in [1.165, 1.54) is 24.5 Å². The molecule has 2 fully saturated rings. The third-order valence-electron chi connectivity index (χ3n) is 5.36. The molecule has 1 aromatic heterocycles. The van der Waals surface area contributed by atoms with Crippen LogP contribution in [0.2, 0.25) is 5.02 Å². The van der Waals surface area contributed by atoms with Crippen LogP contribution >= 0.6 is 11.6 Å². The molecule has 11 heteroatoms. The summed E-state index contributed by atoms with van der Waals surface area (Å²) in [6.07, 6.45) is 1.42. The van der Waals surface area contributed by atoms with E-state index in [-0.39, 0.29) is 46.8 Å². The van der Waals surface area contributed by atoms with Gasteiger partial charge >= 0.3 is 0 Å². The second-order valence-corrected chi connectivity index (χ2v) is 9.78. The summed E-state index contributed by atoms with van der Waals surface area (Å²) in [4.78, 5) is 40.9. The number of nitrogens with zero attached hydrogens (tertiary/aromatic N) is 3. The molecule has 164 valence electrons. The van der Waals surface area contributed by atoms with E-state index in [1.807, 2.05) is 0 Å². The lowest BCUT2D eigenvalue weighted by molar-refractivity contribution is -0.119. The molecule has 0 radical (unpaired) electrons. The lowest BCUT2D eigenvalue weighted by Crippen LogP contribution is -2.50. The quantitative estimate of drug-likeness (QED) is 0.684. The van der Waals surface area contributed by atoms with Crippen LogP contribution in [0, 0.1) is 5.92 Å². The first kappa shape index (κ1) is 21.4. The summed E-state index contributed by atoms with van der Waals surface area (Å²) in [5.41, 5.74) is 0.196. The third-order valence-corrected chi connectivity index (χ3v) is 7.56. The summed E-state index contributed by atoms with van der Waals surface area (Å²) in [5.74, 6) is -1.87. The Labute approximate surface area is 184 Å². The minimum Gasteiger partial charge on any atom is -0.459 e. The molecule has 0 spiro atoms. The zero-order valence-electron chi connectivity index (χ0n) is 16.7. The first-order valence-electron chi connectivity index (χ1n) is 9.67. The van der Waals surface area contributed by atoms with Crippen LogP contribution in [0.3, 0.4) is 0 Å². The number of piperazine rings is 1. The number of hydrogen-bond donors (Lipinski definition) is 0. The van der Waals surface area contributed by atoms with Gasteiger partial charge in [-0.15, -0.1) is 0 Å². The number of anilines is 1. The summed E-state index contributed by atoms with van der Waals surface area (Å²) in [7, 11) is -3.79. The van der Waals surface area contributed by atoms with Crippen molar-refractivity contribution in [2.45, 2.75) is 6.92 Å². The molecule has 0 aliphatic carbocycles. The fourth-order valence-corrected chi connectivity index (χ4v) is 5.74. The van der Waals surface area contributed by atoms with E-state index >= 15 is 0 Å². The number of benzene rings is 1. The zero-order valence-corrected chi connectivity index (χ0v) is 18.2. The Hall–Kier alpha value is -2.85. The number of carbonyl (C=O) groups is 3. The van der Waals surface area contributed by atoms with Crippen molar-refractivity contribution in [3.63, 3.8) is 0 Å². The van der Waals surface area contributed by atoms with Crippen molar-refractivity contribution in [3.05, 3.63) is 52.9 Å². The summed E-state index contributed by atoms with van der Waals surface area (Å²) in [5, 5.41) is 0.153. The average Bonchev–Trinajstić information content (AvgIpc) is 3.34. The minimum absolute atomic E-state index is 0.0914. The van der Waals surface area contributed by atoms with Gasteiger partial charge in [0, 0.05) is 26.2 Å². The number of furan rings is 1. The van der Waals surface area contributed by atoms with E-state index in [0.717, 1.165) is 4.31 Å². The molecular formula is C20H20ClN3O6S. The number of carbonyl (C=O) groups excluding carboxylic acids is 3. The topological polar surface area (TPSA) is 108 Å². The molecule has 0 saturated carbocycles. The molecule has 2 aromatic rings. The molecular weight excluding hydrogens is 446 g/mol. The van der Waals surface area contributed by atoms with E-state index in [4.69, 9.17) is 16.0 Å². The van der Waals surface area contributed by atoms with Gasteiger partial charge in [0.05, 0.1) is 34.2 Å². The second kappa shape index (κ2) is 8.01. The molecule has 4 rings (SSSR count). The molecule has 3 amide bonds. The van der Waals surface area contributed by atoms with Crippen molar-refractivity contribution in [2.75, 3.05) is 36.2 Å². The standard InChI is InChI=1S/C20H20ClN3O6S/c1-13-12-31(28,29)24(18(13)25)14-4-5-16(21)15(11-14)19(26)22-6-8-23(9-7-22)20(27)17-3-2-10-30-17/h2-5,10-11,13H,6-9,12H2,1H3. The van der Waals surface area contributed by atoms with E-state index < -0.39 is 27.8 Å². The summed E-state index contributed by atoms with van der Waals surface area (Å²) in [6.45, 7) is 2.75. The molecule has 1 atom stereocenters. The van der Waals surface area contributed by atoms with Gasteiger partial charge in [0.25, 0.3) is 11.8 Å². The monoisotopic (exact) mass is 465 g/mol. The van der Waals surface area contributed by atoms with Gasteiger partial charge in [0.1, 0.15) is 0 Å². The van der Waals surface area contributed by atoms with Crippen LogP contribution < -0.4 is 4.31 Å². The molecule has 0 bridgehead atoms. The van der Waals surface area contributed by atoms with Crippen LogP contribution in [0.5, 0.6) is 0 Å². The lowest BCUT2D eigenvalue weighted by Gasteiger charge is -2.34. The maximum atomic E-state index is 13.1. The highest BCUT2D eigenvalue weighted by Gasteiger charge is 2.42. The number of sulfonamides is 1.